The summed E-state index contributed by atoms with van der Waals surface area (Å²) in [4.78, 5) is 24.2. The van der Waals surface area contributed by atoms with Crippen LogP contribution in [0.15, 0.2) is 0 Å². The first-order valence-electron chi connectivity index (χ1n) is 7.71. The average Bonchev–Trinajstić information content (AvgIpc) is 2.58. The number of nitrogens with zero attached hydrogens (tertiary/aromatic N) is 1. The summed E-state index contributed by atoms with van der Waals surface area (Å²) in [5.74, 6) is -0.756. The molecule has 0 aliphatic carbocycles. The molecule has 1 amide bonds. The van der Waals surface area contributed by atoms with Crippen LogP contribution in [0.4, 0.5) is 4.79 Å². The molecule has 0 aromatic rings. The molecule has 0 aromatic heterocycles. The topological polar surface area (TPSA) is 78.9 Å². The Balaban J connectivity index is 2.30. The highest BCUT2D eigenvalue weighted by molar-refractivity contribution is 5.68. The molecule has 0 saturated carbocycles. The van der Waals surface area contributed by atoms with Gasteiger partial charge in [-0.15, -0.1) is 0 Å². The Morgan fingerprint density at radius 2 is 2.00 bits per heavy atom. The number of carbonyl (C=O) groups excluding carboxylic acids is 1. The Labute approximate surface area is 126 Å². The summed E-state index contributed by atoms with van der Waals surface area (Å²) in [7, 11) is 0. The van der Waals surface area contributed by atoms with Gasteiger partial charge < -0.3 is 20.1 Å². The van der Waals surface area contributed by atoms with Crippen LogP contribution in [0.2, 0.25) is 0 Å². The van der Waals surface area contributed by atoms with Crippen molar-refractivity contribution in [2.24, 2.45) is 0 Å². The fourth-order valence-electron chi connectivity index (χ4n) is 2.36. The number of carboxylic acid groups (broad SMARTS) is 1. The van der Waals surface area contributed by atoms with Crippen LogP contribution in [0.5, 0.6) is 0 Å². The lowest BCUT2D eigenvalue weighted by Gasteiger charge is -2.26. The highest BCUT2D eigenvalue weighted by Gasteiger charge is 2.24. The van der Waals surface area contributed by atoms with Crippen molar-refractivity contribution in [3.63, 3.8) is 0 Å². The van der Waals surface area contributed by atoms with Gasteiger partial charge in [0.2, 0.25) is 0 Å². The molecule has 2 N–H and O–H groups in total. The third-order valence-electron chi connectivity index (χ3n) is 3.38. The van der Waals surface area contributed by atoms with E-state index in [1.54, 1.807) is 4.90 Å². The molecule has 1 fully saturated rings. The van der Waals surface area contributed by atoms with Crippen molar-refractivity contribution in [3.8, 4) is 0 Å². The second-order valence-corrected chi connectivity index (χ2v) is 6.55. The first-order valence-corrected chi connectivity index (χ1v) is 7.71. The van der Waals surface area contributed by atoms with E-state index in [0.717, 1.165) is 25.8 Å². The van der Waals surface area contributed by atoms with Gasteiger partial charge in [0.15, 0.2) is 0 Å². The first-order chi connectivity index (χ1) is 9.78. The number of hydrogen-bond donors (Lipinski definition) is 2. The Morgan fingerprint density at radius 3 is 2.62 bits per heavy atom. The van der Waals surface area contributed by atoms with E-state index in [-0.39, 0.29) is 12.5 Å². The molecule has 21 heavy (non-hydrogen) atoms. The molecule has 1 unspecified atom stereocenters. The molecule has 1 aliphatic heterocycles. The van der Waals surface area contributed by atoms with Gasteiger partial charge in [-0.3, -0.25) is 4.79 Å². The van der Waals surface area contributed by atoms with Crippen molar-refractivity contribution < 1.29 is 19.4 Å². The predicted octanol–water partition coefficient (Wildman–Crippen LogP) is 2.23. The second-order valence-electron chi connectivity index (χ2n) is 6.55. The fourth-order valence-corrected chi connectivity index (χ4v) is 2.36. The zero-order valence-electron chi connectivity index (χ0n) is 13.4. The zero-order valence-corrected chi connectivity index (χ0v) is 13.4. The molecule has 1 rings (SSSR count). The molecule has 0 bridgehead atoms. The third-order valence-corrected chi connectivity index (χ3v) is 3.38. The van der Waals surface area contributed by atoms with Gasteiger partial charge in [0.25, 0.3) is 0 Å². The molecule has 0 aromatic carbocycles. The van der Waals surface area contributed by atoms with E-state index < -0.39 is 11.6 Å². The standard InChI is InChI=1S/C15H28N2O4/c1-15(2,3)21-14(20)17-10-5-6-12(8-11-17)16-9-4-7-13(18)19/h12,16H,4-11H2,1-3H3,(H,18,19). The van der Waals surface area contributed by atoms with Crippen molar-refractivity contribution >= 4 is 12.1 Å². The van der Waals surface area contributed by atoms with Crippen molar-refractivity contribution in [2.75, 3.05) is 19.6 Å². The van der Waals surface area contributed by atoms with Crippen LogP contribution in [0.3, 0.4) is 0 Å². The van der Waals surface area contributed by atoms with Crippen LogP contribution in [-0.4, -0.2) is 53.3 Å². The molecule has 6 nitrogen and oxygen atoms in total. The monoisotopic (exact) mass is 300 g/mol. The number of hydrogen-bond acceptors (Lipinski definition) is 4. The smallest absolute Gasteiger partial charge is 0.410 e. The van der Waals surface area contributed by atoms with Gasteiger partial charge in [-0.1, -0.05) is 0 Å². The number of carbonyl (C=O) groups is 2. The van der Waals surface area contributed by atoms with Crippen LogP contribution < -0.4 is 5.32 Å². The number of likely N-dealkylation sites (tertiary alicyclic amines) is 1. The van der Waals surface area contributed by atoms with E-state index in [2.05, 4.69) is 5.32 Å². The fraction of sp³-hybridized carbons (Fsp3) is 0.867. The van der Waals surface area contributed by atoms with E-state index >= 15 is 0 Å². The Kier molecular flexibility index (Phi) is 6.95. The summed E-state index contributed by atoms with van der Waals surface area (Å²) in [6.45, 7) is 7.73. The van der Waals surface area contributed by atoms with Crippen LogP contribution in [0.25, 0.3) is 0 Å². The summed E-state index contributed by atoms with van der Waals surface area (Å²) in [6, 6.07) is 0.353. The third kappa shape index (κ3) is 7.90. The summed E-state index contributed by atoms with van der Waals surface area (Å²) < 4.78 is 5.39. The molecule has 1 atom stereocenters. The quantitative estimate of drug-likeness (QED) is 0.761. The van der Waals surface area contributed by atoms with Crippen LogP contribution in [0.1, 0.15) is 52.9 Å². The molecule has 0 radical (unpaired) electrons. The molecule has 122 valence electrons. The molecular weight excluding hydrogens is 272 g/mol. The SMILES string of the molecule is CC(C)(C)OC(=O)N1CCCC(NCCCC(=O)O)CC1. The highest BCUT2D eigenvalue weighted by Crippen LogP contribution is 2.15. The maximum absolute atomic E-state index is 12.0. The van der Waals surface area contributed by atoms with E-state index in [0.29, 0.717) is 25.6 Å². The molecular formula is C15H28N2O4. The number of aliphatic carboxylic acids is 1. The van der Waals surface area contributed by atoms with Gasteiger partial charge in [-0.05, 0) is 53.0 Å². The molecule has 1 heterocycles. The Bertz CT molecular complexity index is 352. The van der Waals surface area contributed by atoms with Gasteiger partial charge in [-0.25, -0.2) is 4.79 Å². The van der Waals surface area contributed by atoms with Gasteiger partial charge in [0.05, 0.1) is 0 Å². The van der Waals surface area contributed by atoms with Crippen molar-refractivity contribution in [1.29, 1.82) is 0 Å². The number of nitrogens with one attached hydrogen (secondary N) is 1. The minimum absolute atomic E-state index is 0.198. The number of ether oxygens (including phenoxy) is 1. The maximum atomic E-state index is 12.0. The van der Waals surface area contributed by atoms with Gasteiger partial charge in [0, 0.05) is 25.6 Å². The number of amides is 1. The van der Waals surface area contributed by atoms with Crippen molar-refractivity contribution in [1.82, 2.24) is 10.2 Å². The lowest BCUT2D eigenvalue weighted by atomic mass is 10.1. The first kappa shape index (κ1) is 17.8. The Morgan fingerprint density at radius 1 is 1.29 bits per heavy atom. The highest BCUT2D eigenvalue weighted by atomic mass is 16.6. The van der Waals surface area contributed by atoms with Crippen molar-refractivity contribution in [3.05, 3.63) is 0 Å². The molecule has 0 spiro atoms. The van der Waals surface area contributed by atoms with E-state index in [1.807, 2.05) is 20.8 Å². The van der Waals surface area contributed by atoms with E-state index in [9.17, 15) is 9.59 Å². The van der Waals surface area contributed by atoms with Gasteiger partial charge in [0.1, 0.15) is 5.60 Å². The molecule has 1 aliphatic rings. The van der Waals surface area contributed by atoms with Crippen LogP contribution in [-0.2, 0) is 9.53 Å². The summed E-state index contributed by atoms with van der Waals surface area (Å²) in [6.07, 6.45) is 3.42. The lowest BCUT2D eigenvalue weighted by Crippen LogP contribution is -2.38. The molecule has 6 heteroatoms. The molecule has 1 saturated heterocycles. The minimum atomic E-state index is -0.756. The second kappa shape index (κ2) is 8.22. The zero-order chi connectivity index (χ0) is 15.9. The van der Waals surface area contributed by atoms with Crippen LogP contribution in [0, 0.1) is 0 Å². The predicted molar refractivity (Wildman–Crippen MR) is 80.3 cm³/mol. The van der Waals surface area contributed by atoms with E-state index in [1.165, 1.54) is 0 Å². The van der Waals surface area contributed by atoms with Gasteiger partial charge >= 0.3 is 12.1 Å². The lowest BCUT2D eigenvalue weighted by molar-refractivity contribution is -0.137. The maximum Gasteiger partial charge on any atom is 0.410 e. The van der Waals surface area contributed by atoms with Crippen molar-refractivity contribution in [2.45, 2.75) is 64.5 Å². The minimum Gasteiger partial charge on any atom is -0.481 e. The summed E-state index contributed by atoms with van der Waals surface area (Å²) in [5, 5.41) is 12.0. The number of rotatable bonds is 5. The largest absolute Gasteiger partial charge is 0.481 e. The summed E-state index contributed by atoms with van der Waals surface area (Å²) in [5.41, 5.74) is -0.460. The Hall–Kier alpha value is -1.30. The van der Waals surface area contributed by atoms with Gasteiger partial charge in [-0.2, -0.15) is 0 Å². The normalized spacial score (nSPS) is 20.0. The number of carboxylic acids is 1. The van der Waals surface area contributed by atoms with Crippen LogP contribution >= 0.6 is 0 Å². The van der Waals surface area contributed by atoms with E-state index in [4.69, 9.17) is 9.84 Å². The summed E-state index contributed by atoms with van der Waals surface area (Å²) >= 11 is 0. The average molecular weight is 300 g/mol.